The fraction of sp³-hybridized carbons (Fsp3) is 0.643. The molecule has 0 aromatic carbocycles. The quantitative estimate of drug-likeness (QED) is 0.678. The maximum Gasteiger partial charge on any atom is 0.358 e. The first-order valence-electron chi connectivity index (χ1n) is 6.83. The number of hydrogen-bond donors (Lipinski definition) is 0. The highest BCUT2D eigenvalue weighted by molar-refractivity contribution is 5.87. The first-order chi connectivity index (χ1) is 9.67. The maximum atomic E-state index is 11.5. The van der Waals surface area contributed by atoms with Crippen LogP contribution in [0.15, 0.2) is 12.4 Å². The summed E-state index contributed by atoms with van der Waals surface area (Å²) in [6.07, 6.45) is 5.06. The van der Waals surface area contributed by atoms with Gasteiger partial charge in [0.15, 0.2) is 5.69 Å². The fourth-order valence-electron chi connectivity index (χ4n) is 2.10. The number of hydrogen-bond acceptors (Lipinski definition) is 6. The summed E-state index contributed by atoms with van der Waals surface area (Å²) < 4.78 is 9.83. The Morgan fingerprint density at radius 3 is 2.55 bits per heavy atom. The van der Waals surface area contributed by atoms with Crippen molar-refractivity contribution in [3.05, 3.63) is 18.1 Å². The Balaban J connectivity index is 3.02. The highest BCUT2D eigenvalue weighted by atomic mass is 16.5. The van der Waals surface area contributed by atoms with Crippen molar-refractivity contribution in [2.24, 2.45) is 0 Å². The van der Waals surface area contributed by atoms with Gasteiger partial charge in [-0.2, -0.15) is 0 Å². The first-order valence-corrected chi connectivity index (χ1v) is 6.83. The molecular formula is C14H23N3O3. The van der Waals surface area contributed by atoms with Crippen LogP contribution in [0.5, 0.6) is 0 Å². The molecule has 0 spiro atoms. The van der Waals surface area contributed by atoms with Gasteiger partial charge in [-0.25, -0.2) is 9.78 Å². The van der Waals surface area contributed by atoms with Crippen molar-refractivity contribution in [1.82, 2.24) is 9.97 Å². The molecule has 0 atom stereocenters. The maximum absolute atomic E-state index is 11.5. The molecule has 0 saturated carbocycles. The Labute approximate surface area is 120 Å². The molecule has 0 saturated heterocycles. The topological polar surface area (TPSA) is 64.5 Å². The van der Waals surface area contributed by atoms with Gasteiger partial charge < -0.3 is 14.4 Å². The van der Waals surface area contributed by atoms with Crippen LogP contribution in [0.3, 0.4) is 0 Å². The van der Waals surface area contributed by atoms with Crippen LogP contribution in [0.2, 0.25) is 0 Å². The summed E-state index contributed by atoms with van der Waals surface area (Å²) in [7, 11) is 3.00. The highest BCUT2D eigenvalue weighted by Crippen LogP contribution is 2.17. The second-order valence-corrected chi connectivity index (χ2v) is 4.41. The summed E-state index contributed by atoms with van der Waals surface area (Å²) >= 11 is 0. The third-order valence-corrected chi connectivity index (χ3v) is 3.23. The third-order valence-electron chi connectivity index (χ3n) is 3.23. The summed E-state index contributed by atoms with van der Waals surface area (Å²) in [5.74, 6) is 0.203. The Kier molecular flexibility index (Phi) is 6.93. The minimum absolute atomic E-state index is 0.221. The van der Waals surface area contributed by atoms with Crippen molar-refractivity contribution in [1.29, 1.82) is 0 Å². The Bertz CT molecular complexity index is 422. The van der Waals surface area contributed by atoms with Gasteiger partial charge in [0.25, 0.3) is 0 Å². The second kappa shape index (κ2) is 8.47. The molecule has 0 unspecified atom stereocenters. The normalized spacial score (nSPS) is 10.7. The minimum atomic E-state index is -0.476. The summed E-state index contributed by atoms with van der Waals surface area (Å²) in [6, 6.07) is 0.340. The molecule has 0 fully saturated rings. The van der Waals surface area contributed by atoms with Crippen molar-refractivity contribution >= 4 is 11.8 Å². The standard InChI is InChI=1S/C14H23N3O3/c1-5-11(6-2)17(7-8-19-3)13-10-15-9-12(16-13)14(18)20-4/h9-11H,5-8H2,1-4H3. The Morgan fingerprint density at radius 1 is 1.30 bits per heavy atom. The Hall–Kier alpha value is -1.69. The largest absolute Gasteiger partial charge is 0.464 e. The number of carbonyl (C=O) groups is 1. The molecule has 0 aliphatic rings. The first kappa shape index (κ1) is 16.4. The lowest BCUT2D eigenvalue weighted by molar-refractivity contribution is 0.0593. The number of nitrogens with zero attached hydrogens (tertiary/aromatic N) is 3. The van der Waals surface area contributed by atoms with E-state index in [-0.39, 0.29) is 5.69 Å². The molecule has 6 heteroatoms. The smallest absolute Gasteiger partial charge is 0.358 e. The van der Waals surface area contributed by atoms with Crippen LogP contribution < -0.4 is 4.90 Å². The van der Waals surface area contributed by atoms with Crippen LogP contribution in [0, 0.1) is 0 Å². The zero-order valence-electron chi connectivity index (χ0n) is 12.6. The average Bonchev–Trinajstić information content (AvgIpc) is 2.50. The lowest BCUT2D eigenvalue weighted by atomic mass is 10.1. The van der Waals surface area contributed by atoms with Gasteiger partial charge in [0.1, 0.15) is 5.82 Å². The van der Waals surface area contributed by atoms with E-state index in [0.29, 0.717) is 25.0 Å². The van der Waals surface area contributed by atoms with E-state index in [0.717, 1.165) is 12.8 Å². The number of ether oxygens (including phenoxy) is 2. The third kappa shape index (κ3) is 4.16. The van der Waals surface area contributed by atoms with Gasteiger partial charge in [0.2, 0.25) is 0 Å². The predicted octanol–water partition coefficient (Wildman–Crippen LogP) is 1.90. The molecule has 1 aromatic rings. The second-order valence-electron chi connectivity index (χ2n) is 4.41. The van der Waals surface area contributed by atoms with Crippen molar-refractivity contribution in [2.45, 2.75) is 32.7 Å². The lowest BCUT2D eigenvalue weighted by Crippen LogP contribution is -2.38. The van der Waals surface area contributed by atoms with Gasteiger partial charge in [-0.1, -0.05) is 13.8 Å². The summed E-state index contributed by atoms with van der Waals surface area (Å²) in [6.45, 7) is 5.57. The van der Waals surface area contributed by atoms with Gasteiger partial charge in [-0.05, 0) is 12.8 Å². The van der Waals surface area contributed by atoms with E-state index >= 15 is 0 Å². The van der Waals surface area contributed by atoms with E-state index in [1.807, 2.05) is 0 Å². The molecule has 0 aliphatic heterocycles. The van der Waals surface area contributed by atoms with E-state index in [1.165, 1.54) is 13.3 Å². The van der Waals surface area contributed by atoms with Crippen molar-refractivity contribution < 1.29 is 14.3 Å². The molecular weight excluding hydrogens is 258 g/mol. The minimum Gasteiger partial charge on any atom is -0.464 e. The van der Waals surface area contributed by atoms with Crippen molar-refractivity contribution in [3.63, 3.8) is 0 Å². The van der Waals surface area contributed by atoms with Crippen LogP contribution >= 0.6 is 0 Å². The van der Waals surface area contributed by atoms with E-state index in [9.17, 15) is 4.79 Å². The van der Waals surface area contributed by atoms with Gasteiger partial charge in [-0.15, -0.1) is 0 Å². The molecule has 1 aromatic heterocycles. The molecule has 0 bridgehead atoms. The molecule has 1 heterocycles. The summed E-state index contributed by atoms with van der Waals surface area (Å²) in [5.41, 5.74) is 0.221. The number of esters is 1. The molecule has 1 rings (SSSR count). The van der Waals surface area contributed by atoms with E-state index in [4.69, 9.17) is 4.74 Å². The molecule has 0 N–H and O–H groups in total. The van der Waals surface area contributed by atoms with E-state index < -0.39 is 5.97 Å². The monoisotopic (exact) mass is 281 g/mol. The number of carbonyl (C=O) groups excluding carboxylic acids is 1. The van der Waals surface area contributed by atoms with Gasteiger partial charge in [0.05, 0.1) is 26.1 Å². The van der Waals surface area contributed by atoms with Crippen molar-refractivity contribution in [2.75, 3.05) is 32.3 Å². The molecule has 6 nitrogen and oxygen atoms in total. The van der Waals surface area contributed by atoms with E-state index in [2.05, 4.69) is 33.5 Å². The summed E-state index contributed by atoms with van der Waals surface area (Å²) in [4.78, 5) is 22.1. The molecule has 112 valence electrons. The number of anilines is 1. The average molecular weight is 281 g/mol. The number of rotatable bonds is 8. The van der Waals surface area contributed by atoms with E-state index in [1.54, 1.807) is 13.3 Å². The van der Waals surface area contributed by atoms with Crippen molar-refractivity contribution in [3.8, 4) is 0 Å². The fourth-order valence-corrected chi connectivity index (χ4v) is 2.10. The Morgan fingerprint density at radius 2 is 2.00 bits per heavy atom. The van der Waals surface area contributed by atoms with Crippen LogP contribution in [0.4, 0.5) is 5.82 Å². The van der Waals surface area contributed by atoms with Crippen LogP contribution in [-0.2, 0) is 9.47 Å². The van der Waals surface area contributed by atoms with Crippen LogP contribution in [-0.4, -0.2) is 49.4 Å². The summed E-state index contributed by atoms with van der Waals surface area (Å²) in [5, 5.41) is 0. The van der Waals surface area contributed by atoms with Gasteiger partial charge in [0, 0.05) is 19.7 Å². The zero-order chi connectivity index (χ0) is 15.0. The predicted molar refractivity (Wildman–Crippen MR) is 77.0 cm³/mol. The molecule has 0 amide bonds. The molecule has 20 heavy (non-hydrogen) atoms. The number of aromatic nitrogens is 2. The number of methoxy groups -OCH3 is 2. The molecule has 0 radical (unpaired) electrons. The lowest BCUT2D eigenvalue weighted by Gasteiger charge is -2.31. The highest BCUT2D eigenvalue weighted by Gasteiger charge is 2.19. The van der Waals surface area contributed by atoms with Gasteiger partial charge in [-0.3, -0.25) is 4.98 Å². The molecule has 0 aliphatic carbocycles. The zero-order valence-corrected chi connectivity index (χ0v) is 12.6. The SMILES string of the molecule is CCC(CC)N(CCOC)c1cncc(C(=O)OC)n1. The van der Waals surface area contributed by atoms with Gasteiger partial charge >= 0.3 is 5.97 Å². The van der Waals surface area contributed by atoms with Crippen LogP contribution in [0.25, 0.3) is 0 Å². The van der Waals surface area contributed by atoms with Crippen LogP contribution in [0.1, 0.15) is 37.2 Å².